The number of thiophene rings is 1. The molecule has 4 heteroatoms. The topological polar surface area (TPSA) is 51.8 Å². The molecular formula is C17H13N3S. The molecule has 0 atom stereocenters. The molecule has 1 aliphatic carbocycles. The minimum Gasteiger partial charge on any atom is -0.383 e. The quantitative estimate of drug-likeness (QED) is 0.531. The summed E-state index contributed by atoms with van der Waals surface area (Å²) in [4.78, 5) is 10.6. The van der Waals surface area contributed by atoms with Crippen LogP contribution in [0.3, 0.4) is 0 Å². The first-order chi connectivity index (χ1) is 10.3. The molecule has 0 bridgehead atoms. The van der Waals surface area contributed by atoms with Crippen LogP contribution in [-0.2, 0) is 12.8 Å². The third-order valence-electron chi connectivity index (χ3n) is 4.36. The molecule has 102 valence electrons. The fraction of sp³-hybridized carbons (Fsp3) is 0.176. The summed E-state index contributed by atoms with van der Waals surface area (Å²) in [7, 11) is 0. The maximum Gasteiger partial charge on any atom is 0.132 e. The van der Waals surface area contributed by atoms with Crippen molar-refractivity contribution in [2.24, 2.45) is 0 Å². The Bertz CT molecular complexity index is 1030. The second kappa shape index (κ2) is 3.92. The molecule has 0 radical (unpaired) electrons. The maximum atomic E-state index is 6.16. The molecule has 0 saturated carbocycles. The number of anilines is 1. The smallest absolute Gasteiger partial charge is 0.132 e. The molecule has 3 heterocycles. The lowest BCUT2D eigenvalue weighted by Crippen LogP contribution is -1.92. The summed E-state index contributed by atoms with van der Waals surface area (Å²) in [5.41, 5.74) is 9.82. The Hall–Kier alpha value is -2.20. The predicted molar refractivity (Wildman–Crippen MR) is 88.9 cm³/mol. The van der Waals surface area contributed by atoms with Crippen molar-refractivity contribution in [3.63, 3.8) is 0 Å². The number of rotatable bonds is 0. The first-order valence-corrected chi connectivity index (χ1v) is 8.02. The van der Waals surface area contributed by atoms with Crippen molar-refractivity contribution in [2.75, 3.05) is 5.73 Å². The SMILES string of the molecule is Nc1nc2c3cc4c(nc3sc2c2ccccc12)CCC4. The number of benzene rings is 1. The second-order valence-corrected chi connectivity index (χ2v) is 6.62. The normalized spacial score (nSPS) is 14.3. The Kier molecular flexibility index (Phi) is 2.14. The minimum atomic E-state index is 0.610. The third kappa shape index (κ3) is 1.48. The van der Waals surface area contributed by atoms with Crippen molar-refractivity contribution in [1.29, 1.82) is 0 Å². The zero-order valence-corrected chi connectivity index (χ0v) is 12.2. The van der Waals surface area contributed by atoms with Crippen molar-refractivity contribution in [2.45, 2.75) is 19.3 Å². The van der Waals surface area contributed by atoms with Crippen LogP contribution in [0.4, 0.5) is 5.82 Å². The van der Waals surface area contributed by atoms with Gasteiger partial charge in [0.25, 0.3) is 0 Å². The largest absolute Gasteiger partial charge is 0.383 e. The molecular weight excluding hydrogens is 278 g/mol. The van der Waals surface area contributed by atoms with E-state index in [-0.39, 0.29) is 0 Å². The molecule has 0 amide bonds. The number of aryl methyl sites for hydroxylation is 2. The van der Waals surface area contributed by atoms with Crippen LogP contribution in [0.25, 0.3) is 31.2 Å². The highest BCUT2D eigenvalue weighted by Gasteiger charge is 2.18. The number of nitrogen functional groups attached to an aromatic ring is 1. The minimum absolute atomic E-state index is 0.610. The van der Waals surface area contributed by atoms with E-state index in [1.165, 1.54) is 27.8 Å². The van der Waals surface area contributed by atoms with E-state index in [0.29, 0.717) is 5.82 Å². The van der Waals surface area contributed by atoms with E-state index in [1.807, 2.05) is 12.1 Å². The van der Waals surface area contributed by atoms with E-state index < -0.39 is 0 Å². The van der Waals surface area contributed by atoms with Gasteiger partial charge in [-0.2, -0.15) is 0 Å². The van der Waals surface area contributed by atoms with Crippen LogP contribution in [0, 0.1) is 0 Å². The molecule has 0 unspecified atom stereocenters. The standard InChI is InChI=1S/C17H13N3S/c18-16-11-6-2-1-5-10(11)15-14(20-16)12-8-9-4-3-7-13(9)19-17(12)21-15/h1-2,5-6,8H,3-4,7H2,(H2,18,20). The fourth-order valence-corrected chi connectivity index (χ4v) is 4.50. The number of nitrogens with zero attached hydrogens (tertiary/aromatic N) is 2. The number of hydrogen-bond acceptors (Lipinski definition) is 4. The van der Waals surface area contributed by atoms with Crippen LogP contribution < -0.4 is 5.73 Å². The molecule has 4 aromatic rings. The molecule has 2 N–H and O–H groups in total. The van der Waals surface area contributed by atoms with Crippen LogP contribution in [0.2, 0.25) is 0 Å². The number of hydrogen-bond donors (Lipinski definition) is 1. The maximum absolute atomic E-state index is 6.16. The van der Waals surface area contributed by atoms with Gasteiger partial charge in [0.1, 0.15) is 10.6 Å². The molecule has 0 spiro atoms. The second-order valence-electron chi connectivity index (χ2n) is 5.62. The predicted octanol–water partition coefficient (Wildman–Crippen LogP) is 4.07. The molecule has 5 rings (SSSR count). The lowest BCUT2D eigenvalue weighted by molar-refractivity contribution is 0.901. The average molecular weight is 291 g/mol. The molecule has 0 aliphatic heterocycles. The van der Waals surface area contributed by atoms with Gasteiger partial charge < -0.3 is 5.73 Å². The highest BCUT2D eigenvalue weighted by molar-refractivity contribution is 7.26. The van der Waals surface area contributed by atoms with Gasteiger partial charge in [-0.15, -0.1) is 11.3 Å². The Morgan fingerprint density at radius 3 is 2.76 bits per heavy atom. The number of nitrogens with two attached hydrogens (primary N) is 1. The molecule has 0 saturated heterocycles. The monoisotopic (exact) mass is 291 g/mol. The average Bonchev–Trinajstić information content (AvgIpc) is 3.09. The van der Waals surface area contributed by atoms with Gasteiger partial charge in [-0.25, -0.2) is 9.97 Å². The Labute approximate surface area is 125 Å². The van der Waals surface area contributed by atoms with E-state index >= 15 is 0 Å². The number of fused-ring (bicyclic) bond motifs is 6. The van der Waals surface area contributed by atoms with Crippen molar-refractivity contribution in [1.82, 2.24) is 9.97 Å². The summed E-state index contributed by atoms with van der Waals surface area (Å²) in [6, 6.07) is 10.5. The summed E-state index contributed by atoms with van der Waals surface area (Å²) in [5, 5.41) is 3.38. The van der Waals surface area contributed by atoms with E-state index in [9.17, 15) is 0 Å². The van der Waals surface area contributed by atoms with Crippen LogP contribution in [-0.4, -0.2) is 9.97 Å². The van der Waals surface area contributed by atoms with Crippen LogP contribution >= 0.6 is 11.3 Å². The van der Waals surface area contributed by atoms with Gasteiger partial charge in [-0.3, -0.25) is 0 Å². The van der Waals surface area contributed by atoms with Gasteiger partial charge in [0.2, 0.25) is 0 Å². The van der Waals surface area contributed by atoms with E-state index in [2.05, 4.69) is 23.2 Å². The summed E-state index contributed by atoms with van der Waals surface area (Å²) in [6.45, 7) is 0. The molecule has 0 fully saturated rings. The van der Waals surface area contributed by atoms with Crippen LogP contribution in [0.15, 0.2) is 30.3 Å². The Morgan fingerprint density at radius 1 is 1.00 bits per heavy atom. The summed E-state index contributed by atoms with van der Waals surface area (Å²) in [5.74, 6) is 0.610. The van der Waals surface area contributed by atoms with Crippen LogP contribution in [0.5, 0.6) is 0 Å². The zero-order chi connectivity index (χ0) is 14.0. The lowest BCUT2D eigenvalue weighted by atomic mass is 10.1. The van der Waals surface area contributed by atoms with E-state index in [1.54, 1.807) is 11.3 Å². The molecule has 1 aliphatic rings. The molecule has 3 nitrogen and oxygen atoms in total. The van der Waals surface area contributed by atoms with Crippen molar-refractivity contribution >= 4 is 48.4 Å². The van der Waals surface area contributed by atoms with Crippen molar-refractivity contribution < 1.29 is 0 Å². The van der Waals surface area contributed by atoms with Crippen molar-refractivity contribution in [3.8, 4) is 0 Å². The molecule has 3 aromatic heterocycles. The van der Waals surface area contributed by atoms with Gasteiger partial charge >= 0.3 is 0 Å². The van der Waals surface area contributed by atoms with Gasteiger partial charge in [-0.05, 0) is 30.9 Å². The Balaban J connectivity index is 2.01. The first kappa shape index (κ1) is 11.5. The van der Waals surface area contributed by atoms with E-state index in [4.69, 9.17) is 10.7 Å². The highest BCUT2D eigenvalue weighted by atomic mass is 32.1. The summed E-state index contributed by atoms with van der Waals surface area (Å²) in [6.07, 6.45) is 3.46. The molecule has 1 aromatic carbocycles. The fourth-order valence-electron chi connectivity index (χ4n) is 3.35. The number of aromatic nitrogens is 2. The Morgan fingerprint density at radius 2 is 1.86 bits per heavy atom. The molecule has 21 heavy (non-hydrogen) atoms. The summed E-state index contributed by atoms with van der Waals surface area (Å²) < 4.78 is 1.20. The van der Waals surface area contributed by atoms with Gasteiger partial charge in [0.15, 0.2) is 0 Å². The van der Waals surface area contributed by atoms with E-state index in [0.717, 1.165) is 34.0 Å². The lowest BCUT2D eigenvalue weighted by Gasteiger charge is -2.02. The first-order valence-electron chi connectivity index (χ1n) is 7.20. The van der Waals surface area contributed by atoms with Gasteiger partial charge in [0, 0.05) is 21.9 Å². The van der Waals surface area contributed by atoms with Gasteiger partial charge in [0.05, 0.1) is 10.2 Å². The van der Waals surface area contributed by atoms with Gasteiger partial charge in [-0.1, -0.05) is 24.3 Å². The third-order valence-corrected chi connectivity index (χ3v) is 5.49. The van der Waals surface area contributed by atoms with Crippen molar-refractivity contribution in [3.05, 3.63) is 41.6 Å². The van der Waals surface area contributed by atoms with Crippen LogP contribution in [0.1, 0.15) is 17.7 Å². The highest BCUT2D eigenvalue weighted by Crippen LogP contribution is 2.39. The number of pyridine rings is 2. The summed E-state index contributed by atoms with van der Waals surface area (Å²) >= 11 is 1.74. The zero-order valence-electron chi connectivity index (χ0n) is 11.4.